The Morgan fingerprint density at radius 1 is 1.07 bits per heavy atom. The highest BCUT2D eigenvalue weighted by Gasteiger charge is 2.30. The van der Waals surface area contributed by atoms with Crippen molar-refractivity contribution in [2.75, 3.05) is 25.8 Å². The van der Waals surface area contributed by atoms with Gasteiger partial charge < -0.3 is 0 Å². The van der Waals surface area contributed by atoms with E-state index in [-0.39, 0.29) is 12.8 Å². The number of rotatable bonds is 7. The molecule has 0 aromatic carbocycles. The van der Waals surface area contributed by atoms with Crippen molar-refractivity contribution in [3.8, 4) is 0 Å². The minimum absolute atomic E-state index is 0.156. The molecule has 0 unspecified atom stereocenters. The number of hydrogen-bond acceptors (Lipinski definition) is 2. The minimum atomic E-state index is -4.14. The lowest BCUT2D eigenvalue weighted by molar-refractivity contribution is 0.101. The summed E-state index contributed by atoms with van der Waals surface area (Å²) >= 11 is 0. The third-order valence-electron chi connectivity index (χ3n) is 1.96. The molecule has 0 aromatic heterocycles. The van der Waals surface area contributed by atoms with Gasteiger partial charge in [0.25, 0.3) is 10.1 Å². The van der Waals surface area contributed by atoms with E-state index in [4.69, 9.17) is 4.55 Å². The Morgan fingerprint density at radius 3 is 1.79 bits per heavy atom. The Kier molecular flexibility index (Phi) is 5.43. The molecule has 0 fully saturated rings. The van der Waals surface area contributed by atoms with Crippen molar-refractivity contribution >= 4 is 10.1 Å². The van der Waals surface area contributed by atoms with Gasteiger partial charge in [-0.15, -0.1) is 0 Å². The van der Waals surface area contributed by atoms with Crippen LogP contribution in [0.15, 0.2) is 0 Å². The average Bonchev–Trinajstić information content (AvgIpc) is 2.11. The molecular weight excluding hydrogens is 221 g/mol. The maximum atomic E-state index is 12.2. The molecule has 0 radical (unpaired) electrons. The molecule has 0 rings (SSSR count). The Morgan fingerprint density at radius 2 is 1.50 bits per heavy atom. The van der Waals surface area contributed by atoms with E-state index in [1.165, 1.54) is 0 Å². The van der Waals surface area contributed by atoms with Crippen molar-refractivity contribution in [1.29, 1.82) is 0 Å². The van der Waals surface area contributed by atoms with E-state index in [1.54, 1.807) is 0 Å². The molecule has 0 atom stereocenters. The molecule has 0 aliphatic heterocycles. The molecule has 0 aromatic rings. The van der Waals surface area contributed by atoms with E-state index in [1.807, 2.05) is 0 Å². The Hall–Kier alpha value is -0.300. The molecule has 0 saturated heterocycles. The predicted molar refractivity (Wildman–Crippen MR) is 46.0 cm³/mol. The van der Waals surface area contributed by atoms with Gasteiger partial charge in [0.05, 0.1) is 11.2 Å². The topological polar surface area (TPSA) is 54.4 Å². The SMILES string of the molecule is O=S(=O)(O)CCCC(CF)(CF)CF. The molecule has 0 saturated carbocycles. The van der Waals surface area contributed by atoms with Gasteiger partial charge in [-0.2, -0.15) is 8.42 Å². The van der Waals surface area contributed by atoms with Crippen LogP contribution in [0.5, 0.6) is 0 Å². The quantitative estimate of drug-likeness (QED) is 0.680. The molecule has 86 valence electrons. The lowest BCUT2D eigenvalue weighted by atomic mass is 9.88. The summed E-state index contributed by atoms with van der Waals surface area (Å²) in [6.45, 7) is -3.53. The molecule has 7 heteroatoms. The normalized spacial score (nSPS) is 13.1. The summed E-state index contributed by atoms with van der Waals surface area (Å²) in [5.41, 5.74) is -1.73. The van der Waals surface area contributed by atoms with E-state index in [0.29, 0.717) is 0 Å². The first-order chi connectivity index (χ1) is 6.39. The van der Waals surface area contributed by atoms with Crippen LogP contribution < -0.4 is 0 Å². The first-order valence-corrected chi connectivity index (χ1v) is 5.63. The first-order valence-electron chi connectivity index (χ1n) is 4.02. The van der Waals surface area contributed by atoms with Crippen LogP contribution in [0.1, 0.15) is 12.8 Å². The van der Waals surface area contributed by atoms with Crippen LogP contribution in [0.4, 0.5) is 13.2 Å². The highest BCUT2D eigenvalue weighted by molar-refractivity contribution is 7.85. The third kappa shape index (κ3) is 4.80. The maximum Gasteiger partial charge on any atom is 0.264 e. The van der Waals surface area contributed by atoms with Gasteiger partial charge in [-0.1, -0.05) is 0 Å². The first kappa shape index (κ1) is 13.7. The molecule has 14 heavy (non-hydrogen) atoms. The molecule has 0 amide bonds. The van der Waals surface area contributed by atoms with E-state index in [2.05, 4.69) is 0 Å². The predicted octanol–water partition coefficient (Wildman–Crippen LogP) is 1.55. The molecule has 0 spiro atoms. The zero-order valence-electron chi connectivity index (χ0n) is 7.55. The van der Waals surface area contributed by atoms with E-state index in [9.17, 15) is 21.6 Å². The van der Waals surface area contributed by atoms with Crippen LogP contribution in [-0.2, 0) is 10.1 Å². The van der Waals surface area contributed by atoms with Crippen molar-refractivity contribution in [3.05, 3.63) is 0 Å². The van der Waals surface area contributed by atoms with Gasteiger partial charge in [-0.05, 0) is 12.8 Å². The van der Waals surface area contributed by atoms with Gasteiger partial charge >= 0.3 is 0 Å². The van der Waals surface area contributed by atoms with Gasteiger partial charge in [-0.3, -0.25) is 17.7 Å². The standard InChI is InChI=1S/C7H13F3O3S/c8-4-7(5-9,6-10)2-1-3-14(11,12)13/h1-6H2,(H,11,12,13). The number of alkyl halides is 3. The molecule has 0 aliphatic rings. The molecular formula is C7H13F3O3S. The largest absolute Gasteiger partial charge is 0.286 e. The summed E-state index contributed by atoms with van der Waals surface area (Å²) in [6, 6.07) is 0. The monoisotopic (exact) mass is 234 g/mol. The van der Waals surface area contributed by atoms with Gasteiger partial charge in [-0.25, -0.2) is 0 Å². The second-order valence-corrected chi connectivity index (χ2v) is 4.86. The number of hydrogen-bond donors (Lipinski definition) is 1. The van der Waals surface area contributed by atoms with Crippen molar-refractivity contribution in [3.63, 3.8) is 0 Å². The van der Waals surface area contributed by atoms with Crippen LogP contribution in [0.25, 0.3) is 0 Å². The summed E-state index contributed by atoms with van der Waals surface area (Å²) < 4.78 is 65.6. The van der Waals surface area contributed by atoms with Gasteiger partial charge in [0.1, 0.15) is 20.0 Å². The maximum absolute atomic E-state index is 12.2. The van der Waals surface area contributed by atoms with Crippen LogP contribution in [0.2, 0.25) is 0 Å². The zero-order valence-corrected chi connectivity index (χ0v) is 8.36. The van der Waals surface area contributed by atoms with Crippen LogP contribution >= 0.6 is 0 Å². The fourth-order valence-electron chi connectivity index (χ4n) is 0.937. The molecule has 0 bridgehead atoms. The summed E-state index contributed by atoms with van der Waals surface area (Å²) in [4.78, 5) is 0. The van der Waals surface area contributed by atoms with Crippen molar-refractivity contribution in [2.45, 2.75) is 12.8 Å². The van der Waals surface area contributed by atoms with Crippen LogP contribution in [0, 0.1) is 5.41 Å². The fourth-order valence-corrected chi connectivity index (χ4v) is 1.45. The number of halogens is 3. The third-order valence-corrected chi connectivity index (χ3v) is 2.76. The van der Waals surface area contributed by atoms with Crippen molar-refractivity contribution < 1.29 is 26.1 Å². The van der Waals surface area contributed by atoms with Gasteiger partial charge in [0.2, 0.25) is 0 Å². The van der Waals surface area contributed by atoms with E-state index in [0.717, 1.165) is 0 Å². The summed E-state index contributed by atoms with van der Waals surface area (Å²) in [5.74, 6) is -0.602. The molecule has 0 aliphatic carbocycles. The molecule has 0 heterocycles. The Bertz CT molecular complexity index is 241. The van der Waals surface area contributed by atoms with Crippen LogP contribution in [-0.4, -0.2) is 38.7 Å². The summed E-state index contributed by atoms with van der Waals surface area (Å²) in [6.07, 6.45) is -0.396. The Balaban J connectivity index is 4.08. The van der Waals surface area contributed by atoms with Crippen molar-refractivity contribution in [2.24, 2.45) is 5.41 Å². The minimum Gasteiger partial charge on any atom is -0.286 e. The van der Waals surface area contributed by atoms with E-state index >= 15 is 0 Å². The summed E-state index contributed by atoms with van der Waals surface area (Å²) in [7, 11) is -4.14. The highest BCUT2D eigenvalue weighted by Crippen LogP contribution is 2.26. The summed E-state index contributed by atoms with van der Waals surface area (Å²) in [5, 5.41) is 0. The van der Waals surface area contributed by atoms with E-state index < -0.39 is 41.3 Å². The molecule has 3 nitrogen and oxygen atoms in total. The second kappa shape index (κ2) is 5.55. The van der Waals surface area contributed by atoms with Gasteiger partial charge in [0, 0.05) is 0 Å². The van der Waals surface area contributed by atoms with Crippen molar-refractivity contribution in [1.82, 2.24) is 0 Å². The second-order valence-electron chi connectivity index (χ2n) is 3.29. The zero-order chi connectivity index (χ0) is 11.2. The smallest absolute Gasteiger partial charge is 0.264 e. The Labute approximate surface area is 81.1 Å². The average molecular weight is 234 g/mol. The molecule has 1 N–H and O–H groups in total. The van der Waals surface area contributed by atoms with Gasteiger partial charge in [0.15, 0.2) is 0 Å². The fraction of sp³-hybridized carbons (Fsp3) is 1.00. The lowest BCUT2D eigenvalue weighted by Gasteiger charge is -2.23. The van der Waals surface area contributed by atoms with Crippen LogP contribution in [0.3, 0.4) is 0 Å². The highest BCUT2D eigenvalue weighted by atomic mass is 32.2. The lowest BCUT2D eigenvalue weighted by Crippen LogP contribution is -2.29.